The van der Waals surface area contributed by atoms with Crippen molar-refractivity contribution in [2.75, 3.05) is 26.4 Å². The van der Waals surface area contributed by atoms with Gasteiger partial charge < -0.3 is 18.9 Å². The van der Waals surface area contributed by atoms with Gasteiger partial charge in [0.1, 0.15) is 23.3 Å². The lowest BCUT2D eigenvalue weighted by Crippen LogP contribution is -2.33. The smallest absolute Gasteiger partial charge is 0.129 e. The van der Waals surface area contributed by atoms with E-state index in [1.54, 1.807) is 0 Å². The van der Waals surface area contributed by atoms with Crippen LogP contribution in [0, 0.1) is 101 Å². The summed E-state index contributed by atoms with van der Waals surface area (Å²) in [6.07, 6.45) is 19.3. The minimum atomic E-state index is -0.0489. The standard InChI is InChI=1S/C20H29FO.C16H23FO.2C15H21FO/c1-13-4-7-16(8-5-13)19-11-9-17(12-22-19)18-10-6-14(2)20(21)15(18)3;1-4-14-7-8-15(12(3)16(14)17)9-13-6-5-11(2)18-10-13;1-10-4-7-14(12(3)15(10)16)8-13-6-5-11(2)17-9-13;1-10-4-7-14(17-9-10)8-13-6-5-11(2)12(3)15(13)16/h6,10,13,16-17,19H,4-5,7-9,11-12H2,1-3H3;7-8,11,13H,4-6,9-10H2,1-3H3;4,7,11,13H,5-6,8-9H2,1-3H3;5-6,10,14H,4,7-9H2,1-3H3. The summed E-state index contributed by atoms with van der Waals surface area (Å²) >= 11 is 0. The average molecular weight is 1030 g/mol. The first-order valence-electron chi connectivity index (χ1n) is 28.8. The number of hydrogen-bond donors (Lipinski definition) is 0. The van der Waals surface area contributed by atoms with Crippen LogP contribution in [-0.2, 0) is 44.6 Å². The zero-order valence-electron chi connectivity index (χ0n) is 47.7. The number of aryl methyl sites for hydroxylation is 4. The molecule has 1 aliphatic carbocycles. The lowest BCUT2D eigenvalue weighted by Gasteiger charge is -2.37. The van der Waals surface area contributed by atoms with E-state index in [1.807, 2.05) is 85.7 Å². The molecule has 4 aliphatic heterocycles. The van der Waals surface area contributed by atoms with E-state index in [9.17, 15) is 17.6 Å². The highest BCUT2D eigenvalue weighted by Crippen LogP contribution is 2.39. The summed E-state index contributed by atoms with van der Waals surface area (Å²) in [5, 5.41) is 0. The molecule has 0 aromatic heterocycles. The molecule has 8 heteroatoms. The van der Waals surface area contributed by atoms with Gasteiger partial charge in [-0.05, 0) is 242 Å². The van der Waals surface area contributed by atoms with E-state index in [0.29, 0.717) is 48.4 Å². The molecule has 410 valence electrons. The van der Waals surface area contributed by atoms with Gasteiger partial charge in [-0.25, -0.2) is 17.6 Å². The third-order valence-electron chi connectivity index (χ3n) is 17.6. The Balaban J connectivity index is 0.000000162. The fraction of sp³-hybridized carbons (Fsp3) is 0.636. The summed E-state index contributed by atoms with van der Waals surface area (Å²) in [6, 6.07) is 15.9. The molecule has 0 N–H and O–H groups in total. The van der Waals surface area contributed by atoms with Crippen LogP contribution in [-0.4, -0.2) is 50.8 Å². The van der Waals surface area contributed by atoms with Crippen LogP contribution in [0.15, 0.2) is 48.5 Å². The monoisotopic (exact) mass is 1030 g/mol. The Morgan fingerprint density at radius 3 is 1.46 bits per heavy atom. The van der Waals surface area contributed by atoms with E-state index in [-0.39, 0.29) is 29.4 Å². The second-order valence-electron chi connectivity index (χ2n) is 23.6. The molecule has 8 unspecified atom stereocenters. The van der Waals surface area contributed by atoms with E-state index in [2.05, 4.69) is 45.9 Å². The highest BCUT2D eigenvalue weighted by Gasteiger charge is 2.32. The molecule has 4 aromatic rings. The van der Waals surface area contributed by atoms with Crippen molar-refractivity contribution >= 4 is 0 Å². The van der Waals surface area contributed by atoms with Crippen LogP contribution in [0.4, 0.5) is 17.6 Å². The van der Waals surface area contributed by atoms with E-state index >= 15 is 0 Å². The lowest BCUT2D eigenvalue weighted by atomic mass is 9.77. The Morgan fingerprint density at radius 2 is 0.919 bits per heavy atom. The molecule has 0 amide bonds. The number of ether oxygens (including phenoxy) is 4. The van der Waals surface area contributed by atoms with Crippen LogP contribution in [0.25, 0.3) is 0 Å². The van der Waals surface area contributed by atoms with Crippen LogP contribution >= 0.6 is 0 Å². The SMILES string of the molecule is CCc1ccc(CC2CCC(C)OC2)c(C)c1F.Cc1ccc(C2CCC(C3CCC(C)CC3)OC2)c(C)c1F.Cc1ccc(CC2CCC(C)CO2)c(F)c1C.Cc1ccc(CC2CCC(C)OC2)c(C)c1F. The molecule has 4 nitrogen and oxygen atoms in total. The lowest BCUT2D eigenvalue weighted by molar-refractivity contribution is -0.0428. The first-order chi connectivity index (χ1) is 35.3. The third kappa shape index (κ3) is 16.7. The first kappa shape index (κ1) is 59.7. The highest BCUT2D eigenvalue weighted by molar-refractivity contribution is 5.36. The van der Waals surface area contributed by atoms with Crippen molar-refractivity contribution in [3.8, 4) is 0 Å². The predicted molar refractivity (Wildman–Crippen MR) is 296 cm³/mol. The Hall–Kier alpha value is -3.56. The number of benzene rings is 4. The Morgan fingerprint density at radius 1 is 0.405 bits per heavy atom. The first-order valence-corrected chi connectivity index (χ1v) is 28.8. The van der Waals surface area contributed by atoms with Crippen molar-refractivity contribution < 1.29 is 36.5 Å². The minimum absolute atomic E-state index is 0.0138. The van der Waals surface area contributed by atoms with Crippen molar-refractivity contribution in [2.24, 2.45) is 29.6 Å². The minimum Gasteiger partial charge on any atom is -0.378 e. The molecule has 1 saturated carbocycles. The van der Waals surface area contributed by atoms with E-state index < -0.39 is 0 Å². The molecule has 0 bridgehead atoms. The van der Waals surface area contributed by atoms with E-state index in [1.165, 1.54) is 44.9 Å². The molecule has 4 saturated heterocycles. The fourth-order valence-electron chi connectivity index (χ4n) is 11.8. The molecule has 4 heterocycles. The normalized spacial score (nSPS) is 27.1. The van der Waals surface area contributed by atoms with Crippen molar-refractivity contribution in [3.63, 3.8) is 0 Å². The van der Waals surface area contributed by atoms with Gasteiger partial charge in [-0.3, -0.25) is 0 Å². The molecule has 5 fully saturated rings. The Labute approximate surface area is 445 Å². The summed E-state index contributed by atoms with van der Waals surface area (Å²) in [7, 11) is 0. The fourth-order valence-corrected chi connectivity index (χ4v) is 11.8. The van der Waals surface area contributed by atoms with Gasteiger partial charge >= 0.3 is 0 Å². The van der Waals surface area contributed by atoms with Gasteiger partial charge in [-0.1, -0.05) is 82.1 Å². The molecule has 5 aliphatic rings. The predicted octanol–water partition coefficient (Wildman–Crippen LogP) is 17.2. The van der Waals surface area contributed by atoms with Gasteiger partial charge in [-0.2, -0.15) is 0 Å². The van der Waals surface area contributed by atoms with Gasteiger partial charge in [0, 0.05) is 18.9 Å². The molecular weight excluding hydrogens is 933 g/mol. The summed E-state index contributed by atoms with van der Waals surface area (Å²) in [5.74, 6) is 3.61. The maximum absolute atomic E-state index is 14.1. The largest absolute Gasteiger partial charge is 0.378 e. The van der Waals surface area contributed by atoms with Crippen molar-refractivity contribution in [1.29, 1.82) is 0 Å². The molecule has 4 aromatic carbocycles. The van der Waals surface area contributed by atoms with E-state index in [4.69, 9.17) is 18.9 Å². The van der Waals surface area contributed by atoms with Crippen LogP contribution < -0.4 is 0 Å². The second-order valence-corrected chi connectivity index (χ2v) is 23.6. The maximum Gasteiger partial charge on any atom is 0.129 e. The van der Waals surface area contributed by atoms with Gasteiger partial charge in [0.15, 0.2) is 0 Å². The Bertz CT molecular complexity index is 2280. The number of halogens is 4. The third-order valence-corrected chi connectivity index (χ3v) is 17.6. The van der Waals surface area contributed by atoms with Crippen molar-refractivity contribution in [1.82, 2.24) is 0 Å². The molecule has 8 atom stereocenters. The van der Waals surface area contributed by atoms with Crippen LogP contribution in [0.1, 0.15) is 184 Å². The van der Waals surface area contributed by atoms with Crippen molar-refractivity contribution in [2.45, 2.75) is 216 Å². The average Bonchev–Trinajstić information content (AvgIpc) is 3.40. The van der Waals surface area contributed by atoms with Gasteiger partial charge in [0.05, 0.1) is 44.2 Å². The maximum atomic E-state index is 14.1. The summed E-state index contributed by atoms with van der Waals surface area (Å²) in [5.41, 5.74) is 10.8. The molecule has 74 heavy (non-hydrogen) atoms. The summed E-state index contributed by atoms with van der Waals surface area (Å²) < 4.78 is 79.3. The van der Waals surface area contributed by atoms with Gasteiger partial charge in [-0.15, -0.1) is 0 Å². The van der Waals surface area contributed by atoms with Crippen LogP contribution in [0.5, 0.6) is 0 Å². The van der Waals surface area contributed by atoms with Gasteiger partial charge in [0.2, 0.25) is 0 Å². The molecule has 9 rings (SSSR count). The molecule has 0 spiro atoms. The van der Waals surface area contributed by atoms with Crippen molar-refractivity contribution in [3.05, 3.63) is 139 Å². The zero-order chi connectivity index (χ0) is 53.6. The molecular formula is C66H94F4O4. The van der Waals surface area contributed by atoms with Crippen LogP contribution in [0.3, 0.4) is 0 Å². The van der Waals surface area contributed by atoms with Gasteiger partial charge in [0.25, 0.3) is 0 Å². The van der Waals surface area contributed by atoms with E-state index in [0.717, 1.165) is 156 Å². The number of rotatable bonds is 9. The number of hydrogen-bond acceptors (Lipinski definition) is 4. The quantitative estimate of drug-likeness (QED) is 0.157. The Kier molecular flexibility index (Phi) is 23.2. The summed E-state index contributed by atoms with van der Waals surface area (Å²) in [4.78, 5) is 0. The topological polar surface area (TPSA) is 36.9 Å². The van der Waals surface area contributed by atoms with Crippen LogP contribution in [0.2, 0.25) is 0 Å². The zero-order valence-corrected chi connectivity index (χ0v) is 47.7. The second kappa shape index (κ2) is 28.7. The highest BCUT2D eigenvalue weighted by atomic mass is 19.1. The summed E-state index contributed by atoms with van der Waals surface area (Å²) in [6.45, 7) is 27.1. The molecule has 0 radical (unpaired) electrons.